The fourth-order valence-electron chi connectivity index (χ4n) is 2.08. The monoisotopic (exact) mass is 266 g/mol. The molecule has 0 aromatic heterocycles. The molecule has 2 atom stereocenters. The van der Waals surface area contributed by atoms with Gasteiger partial charge in [-0.3, -0.25) is 0 Å². The van der Waals surface area contributed by atoms with Gasteiger partial charge in [-0.1, -0.05) is 30.3 Å². The zero-order chi connectivity index (χ0) is 13.5. The zero-order valence-corrected chi connectivity index (χ0v) is 10.8. The number of carbonyl (C=O) groups excluding carboxylic acids is 1. The molecule has 0 spiro atoms. The van der Waals surface area contributed by atoms with E-state index in [4.69, 9.17) is 4.74 Å². The summed E-state index contributed by atoms with van der Waals surface area (Å²) >= 11 is 0. The molecule has 1 aromatic carbocycles. The Bertz CT molecular complexity index is 400. The number of amides is 1. The van der Waals surface area contributed by atoms with Crippen LogP contribution in [0.1, 0.15) is 18.4 Å². The van der Waals surface area contributed by atoms with Gasteiger partial charge in [0.1, 0.15) is 12.8 Å². The van der Waals surface area contributed by atoms with Gasteiger partial charge in [-0.15, -0.1) is 0 Å². The molecule has 2 rings (SSSR count). The molecule has 1 aliphatic heterocycles. The third-order valence-electron chi connectivity index (χ3n) is 3.18. The van der Waals surface area contributed by atoms with Crippen LogP contribution in [0.4, 0.5) is 9.18 Å². The smallest absolute Gasteiger partial charge is 0.407 e. The van der Waals surface area contributed by atoms with Crippen molar-refractivity contribution < 1.29 is 13.9 Å². The van der Waals surface area contributed by atoms with Crippen LogP contribution in [-0.2, 0) is 11.3 Å². The summed E-state index contributed by atoms with van der Waals surface area (Å²) in [5.74, 6) is 0. The van der Waals surface area contributed by atoms with Crippen LogP contribution in [-0.4, -0.2) is 31.4 Å². The zero-order valence-electron chi connectivity index (χ0n) is 10.8. The largest absolute Gasteiger partial charge is 0.445 e. The van der Waals surface area contributed by atoms with Crippen molar-refractivity contribution in [2.24, 2.45) is 0 Å². The molecule has 0 unspecified atom stereocenters. The Morgan fingerprint density at radius 3 is 2.84 bits per heavy atom. The highest BCUT2D eigenvalue weighted by Gasteiger charge is 2.25. The molecule has 1 heterocycles. The highest BCUT2D eigenvalue weighted by molar-refractivity contribution is 5.67. The lowest BCUT2D eigenvalue weighted by Crippen LogP contribution is -2.41. The van der Waals surface area contributed by atoms with E-state index in [1.165, 1.54) is 0 Å². The maximum Gasteiger partial charge on any atom is 0.407 e. The SMILES string of the molecule is O=C(N[C@H]1CCNCC[C@H]1F)OCc1ccccc1. The molecule has 5 heteroatoms. The first-order valence-electron chi connectivity index (χ1n) is 6.57. The molecule has 1 aliphatic rings. The molecule has 1 fully saturated rings. The number of carbonyl (C=O) groups is 1. The average molecular weight is 266 g/mol. The van der Waals surface area contributed by atoms with Crippen molar-refractivity contribution in [1.29, 1.82) is 0 Å². The first-order chi connectivity index (χ1) is 9.25. The number of benzene rings is 1. The summed E-state index contributed by atoms with van der Waals surface area (Å²) in [4.78, 5) is 11.6. The number of ether oxygens (including phenoxy) is 1. The molecule has 19 heavy (non-hydrogen) atoms. The van der Waals surface area contributed by atoms with Crippen molar-refractivity contribution in [2.45, 2.75) is 31.7 Å². The van der Waals surface area contributed by atoms with Gasteiger partial charge in [0, 0.05) is 0 Å². The first kappa shape index (κ1) is 13.8. The molecule has 0 saturated carbocycles. The van der Waals surface area contributed by atoms with Crippen LogP contribution in [0.3, 0.4) is 0 Å². The van der Waals surface area contributed by atoms with E-state index in [1.54, 1.807) is 0 Å². The van der Waals surface area contributed by atoms with Crippen LogP contribution in [0.15, 0.2) is 30.3 Å². The van der Waals surface area contributed by atoms with Crippen LogP contribution in [0.2, 0.25) is 0 Å². The maximum absolute atomic E-state index is 13.7. The fraction of sp³-hybridized carbons (Fsp3) is 0.500. The Balaban J connectivity index is 1.77. The lowest BCUT2D eigenvalue weighted by Gasteiger charge is -2.19. The van der Waals surface area contributed by atoms with Crippen molar-refractivity contribution in [3.05, 3.63) is 35.9 Å². The van der Waals surface area contributed by atoms with Crippen LogP contribution in [0, 0.1) is 0 Å². The van der Waals surface area contributed by atoms with Crippen molar-refractivity contribution in [3.8, 4) is 0 Å². The van der Waals surface area contributed by atoms with E-state index >= 15 is 0 Å². The van der Waals surface area contributed by atoms with E-state index in [9.17, 15) is 9.18 Å². The van der Waals surface area contributed by atoms with Crippen molar-refractivity contribution >= 4 is 6.09 Å². The third-order valence-corrected chi connectivity index (χ3v) is 3.18. The minimum atomic E-state index is -1.01. The number of rotatable bonds is 3. The number of halogens is 1. The minimum absolute atomic E-state index is 0.203. The van der Waals surface area contributed by atoms with Crippen molar-refractivity contribution in [1.82, 2.24) is 10.6 Å². The van der Waals surface area contributed by atoms with E-state index in [0.29, 0.717) is 25.9 Å². The van der Waals surface area contributed by atoms with E-state index in [-0.39, 0.29) is 6.61 Å². The number of alkyl halides is 1. The lowest BCUT2D eigenvalue weighted by atomic mass is 10.1. The summed E-state index contributed by atoms with van der Waals surface area (Å²) in [5.41, 5.74) is 0.914. The van der Waals surface area contributed by atoms with Crippen molar-refractivity contribution in [3.63, 3.8) is 0 Å². The van der Waals surface area contributed by atoms with Gasteiger partial charge in [0.15, 0.2) is 0 Å². The molecule has 1 saturated heterocycles. The molecule has 1 aromatic rings. The Morgan fingerprint density at radius 2 is 2.05 bits per heavy atom. The van der Waals surface area contributed by atoms with Gasteiger partial charge in [0.25, 0.3) is 0 Å². The summed E-state index contributed by atoms with van der Waals surface area (Å²) in [5, 5.41) is 5.71. The number of hydrogen-bond acceptors (Lipinski definition) is 3. The van der Waals surface area contributed by atoms with Crippen LogP contribution in [0.25, 0.3) is 0 Å². The maximum atomic E-state index is 13.7. The molecule has 0 aliphatic carbocycles. The normalized spacial score (nSPS) is 23.4. The topological polar surface area (TPSA) is 50.4 Å². The molecule has 104 valence electrons. The van der Waals surface area contributed by atoms with Gasteiger partial charge >= 0.3 is 6.09 Å². The summed E-state index contributed by atoms with van der Waals surface area (Å²) < 4.78 is 18.8. The summed E-state index contributed by atoms with van der Waals surface area (Å²) in [6.45, 7) is 1.57. The Hall–Kier alpha value is -1.62. The second-order valence-corrected chi connectivity index (χ2v) is 4.66. The average Bonchev–Trinajstić information content (AvgIpc) is 2.63. The summed E-state index contributed by atoms with van der Waals surface area (Å²) in [6.07, 6.45) is -0.566. The molecule has 0 bridgehead atoms. The molecule has 0 radical (unpaired) electrons. The molecular formula is C14H19FN2O2. The van der Waals surface area contributed by atoms with Crippen LogP contribution < -0.4 is 10.6 Å². The van der Waals surface area contributed by atoms with Gasteiger partial charge in [-0.05, 0) is 31.5 Å². The summed E-state index contributed by atoms with van der Waals surface area (Å²) in [7, 11) is 0. The highest BCUT2D eigenvalue weighted by Crippen LogP contribution is 2.11. The molecule has 2 N–H and O–H groups in total. The van der Waals surface area contributed by atoms with Crippen LogP contribution >= 0.6 is 0 Å². The van der Waals surface area contributed by atoms with Gasteiger partial charge < -0.3 is 15.4 Å². The number of hydrogen-bond donors (Lipinski definition) is 2. The Morgan fingerprint density at radius 1 is 1.32 bits per heavy atom. The second-order valence-electron chi connectivity index (χ2n) is 4.66. The predicted octanol–water partition coefficient (Wildman–Crippen LogP) is 2.00. The minimum Gasteiger partial charge on any atom is -0.445 e. The fourth-order valence-corrected chi connectivity index (χ4v) is 2.08. The highest BCUT2D eigenvalue weighted by atomic mass is 19.1. The van der Waals surface area contributed by atoms with E-state index in [0.717, 1.165) is 5.56 Å². The molecular weight excluding hydrogens is 247 g/mol. The van der Waals surface area contributed by atoms with Gasteiger partial charge in [0.2, 0.25) is 0 Å². The number of alkyl carbamates (subject to hydrolysis) is 1. The molecule has 4 nitrogen and oxygen atoms in total. The molecule has 1 amide bonds. The number of nitrogens with one attached hydrogen (secondary N) is 2. The quantitative estimate of drug-likeness (QED) is 0.880. The van der Waals surface area contributed by atoms with Crippen molar-refractivity contribution in [2.75, 3.05) is 13.1 Å². The Kier molecular flexibility index (Phi) is 5.15. The van der Waals surface area contributed by atoms with E-state index in [1.807, 2.05) is 30.3 Å². The van der Waals surface area contributed by atoms with Gasteiger partial charge in [-0.25, -0.2) is 9.18 Å². The standard InChI is InChI=1S/C14H19FN2O2/c15-12-6-8-16-9-7-13(12)17-14(18)19-10-11-4-2-1-3-5-11/h1-5,12-13,16H,6-10H2,(H,17,18)/t12-,13+/m1/s1. The van der Waals surface area contributed by atoms with Crippen LogP contribution in [0.5, 0.6) is 0 Å². The first-order valence-corrected chi connectivity index (χ1v) is 6.57. The predicted molar refractivity (Wildman–Crippen MR) is 70.6 cm³/mol. The third kappa shape index (κ3) is 4.52. The van der Waals surface area contributed by atoms with E-state index < -0.39 is 18.3 Å². The lowest BCUT2D eigenvalue weighted by molar-refractivity contribution is 0.126. The van der Waals surface area contributed by atoms with Gasteiger partial charge in [-0.2, -0.15) is 0 Å². The van der Waals surface area contributed by atoms with E-state index in [2.05, 4.69) is 10.6 Å². The summed E-state index contributed by atoms with van der Waals surface area (Å²) in [6, 6.07) is 8.95. The second kappa shape index (κ2) is 7.09. The van der Waals surface area contributed by atoms with Gasteiger partial charge in [0.05, 0.1) is 6.04 Å². The Labute approximate surface area is 112 Å².